The molecule has 0 saturated heterocycles. The number of ether oxygens (including phenoxy) is 1. The maximum absolute atomic E-state index is 13.1. The van der Waals surface area contributed by atoms with Crippen molar-refractivity contribution in [1.29, 1.82) is 0 Å². The zero-order valence-corrected chi connectivity index (χ0v) is 19.7. The van der Waals surface area contributed by atoms with E-state index in [-0.39, 0.29) is 18.4 Å². The van der Waals surface area contributed by atoms with Crippen molar-refractivity contribution < 1.29 is 14.3 Å². The highest BCUT2D eigenvalue weighted by Crippen LogP contribution is 2.29. The number of aryl methyl sites for hydroxylation is 2. The Balaban J connectivity index is 1.42. The fourth-order valence-electron chi connectivity index (χ4n) is 3.84. The number of rotatable bonds is 6. The van der Waals surface area contributed by atoms with E-state index in [9.17, 15) is 9.59 Å². The molecular formula is C26H25BrN2O3. The van der Waals surface area contributed by atoms with Crippen LogP contribution in [0.1, 0.15) is 32.6 Å². The van der Waals surface area contributed by atoms with Crippen molar-refractivity contribution in [1.82, 2.24) is 4.90 Å². The van der Waals surface area contributed by atoms with Crippen LogP contribution in [-0.4, -0.2) is 29.9 Å². The molecule has 0 fully saturated rings. The number of carbonyl (C=O) groups excluding carboxylic acids is 2. The molecule has 0 unspecified atom stereocenters. The highest BCUT2D eigenvalue weighted by atomic mass is 79.9. The van der Waals surface area contributed by atoms with Gasteiger partial charge in [0.05, 0.1) is 0 Å². The second kappa shape index (κ2) is 9.57. The molecule has 2 amide bonds. The molecule has 6 heteroatoms. The number of halogens is 1. The number of carbonyl (C=O) groups is 2. The Hall–Kier alpha value is -3.12. The van der Waals surface area contributed by atoms with E-state index < -0.39 is 0 Å². The van der Waals surface area contributed by atoms with Gasteiger partial charge in [-0.1, -0.05) is 46.3 Å². The summed E-state index contributed by atoms with van der Waals surface area (Å²) in [7, 11) is 0. The standard InChI is InChI=1S/C26H25BrN2O3/c1-17-6-7-18(2)23(14-17)28-25(30)16-32-24-5-3-4-22-21(24)12-13-29(26(22)31)15-19-8-10-20(27)11-9-19/h3-11,14H,12-13,15-16H2,1-2H3,(H,28,30). The molecule has 0 saturated carbocycles. The quantitative estimate of drug-likeness (QED) is 0.508. The monoisotopic (exact) mass is 492 g/mol. The number of nitrogens with zero attached hydrogens (tertiary/aromatic N) is 1. The summed E-state index contributed by atoms with van der Waals surface area (Å²) in [4.78, 5) is 27.4. The summed E-state index contributed by atoms with van der Waals surface area (Å²) in [5, 5.41) is 2.91. The molecule has 0 atom stereocenters. The lowest BCUT2D eigenvalue weighted by atomic mass is 9.97. The molecule has 1 heterocycles. The number of hydrogen-bond acceptors (Lipinski definition) is 3. The van der Waals surface area contributed by atoms with Gasteiger partial charge in [-0.15, -0.1) is 0 Å². The number of amides is 2. The number of fused-ring (bicyclic) bond motifs is 1. The van der Waals surface area contributed by atoms with Crippen LogP contribution >= 0.6 is 15.9 Å². The Morgan fingerprint density at radius 3 is 2.66 bits per heavy atom. The molecule has 1 aliphatic rings. The minimum absolute atomic E-state index is 0.0144. The topological polar surface area (TPSA) is 58.6 Å². The van der Waals surface area contributed by atoms with Crippen LogP contribution in [0.2, 0.25) is 0 Å². The summed E-state index contributed by atoms with van der Waals surface area (Å²) < 4.78 is 6.85. The van der Waals surface area contributed by atoms with Crippen molar-refractivity contribution in [3.63, 3.8) is 0 Å². The van der Waals surface area contributed by atoms with E-state index in [2.05, 4.69) is 21.2 Å². The third-order valence-electron chi connectivity index (χ3n) is 5.60. The number of benzene rings is 3. The van der Waals surface area contributed by atoms with Crippen LogP contribution in [0.15, 0.2) is 65.1 Å². The summed E-state index contributed by atoms with van der Waals surface area (Å²) in [6, 6.07) is 19.4. The van der Waals surface area contributed by atoms with Crippen LogP contribution < -0.4 is 10.1 Å². The summed E-state index contributed by atoms with van der Waals surface area (Å²) in [5.41, 5.74) is 5.45. The lowest BCUT2D eigenvalue weighted by molar-refractivity contribution is -0.118. The molecule has 3 aromatic rings. The Morgan fingerprint density at radius 1 is 1.09 bits per heavy atom. The second-order valence-electron chi connectivity index (χ2n) is 8.04. The van der Waals surface area contributed by atoms with Gasteiger partial charge in [0.1, 0.15) is 5.75 Å². The van der Waals surface area contributed by atoms with Crippen LogP contribution in [-0.2, 0) is 17.8 Å². The lowest BCUT2D eigenvalue weighted by Crippen LogP contribution is -2.37. The van der Waals surface area contributed by atoms with Gasteiger partial charge in [-0.3, -0.25) is 9.59 Å². The molecule has 3 aromatic carbocycles. The molecule has 0 bridgehead atoms. The van der Waals surface area contributed by atoms with E-state index in [1.165, 1.54) is 0 Å². The van der Waals surface area contributed by atoms with Crippen LogP contribution in [0.25, 0.3) is 0 Å². The first-order chi connectivity index (χ1) is 15.4. The normalized spacial score (nSPS) is 13.0. The van der Waals surface area contributed by atoms with Gasteiger partial charge in [-0.2, -0.15) is 0 Å². The van der Waals surface area contributed by atoms with Crippen molar-refractivity contribution in [3.8, 4) is 5.75 Å². The third-order valence-corrected chi connectivity index (χ3v) is 6.12. The van der Waals surface area contributed by atoms with Gasteiger partial charge in [-0.25, -0.2) is 0 Å². The smallest absolute Gasteiger partial charge is 0.262 e. The Kier molecular flexibility index (Phi) is 6.61. The molecule has 0 aliphatic carbocycles. The van der Waals surface area contributed by atoms with Crippen LogP contribution in [0, 0.1) is 13.8 Å². The van der Waals surface area contributed by atoms with E-state index in [4.69, 9.17) is 4.74 Å². The number of hydrogen-bond donors (Lipinski definition) is 1. The summed E-state index contributed by atoms with van der Waals surface area (Å²) in [6.45, 7) is 5.00. The molecule has 4 rings (SSSR count). The minimum atomic E-state index is -0.227. The van der Waals surface area contributed by atoms with E-state index in [1.54, 1.807) is 6.07 Å². The highest BCUT2D eigenvalue weighted by molar-refractivity contribution is 9.10. The van der Waals surface area contributed by atoms with Crippen LogP contribution in [0.3, 0.4) is 0 Å². The average Bonchev–Trinajstić information content (AvgIpc) is 2.78. The van der Waals surface area contributed by atoms with Crippen LogP contribution in [0.5, 0.6) is 5.75 Å². The Labute approximate surface area is 196 Å². The van der Waals surface area contributed by atoms with E-state index in [0.29, 0.717) is 30.8 Å². The molecular weight excluding hydrogens is 468 g/mol. The van der Waals surface area contributed by atoms with Gasteiger partial charge < -0.3 is 15.0 Å². The van der Waals surface area contributed by atoms with Crippen molar-refractivity contribution >= 4 is 33.4 Å². The van der Waals surface area contributed by atoms with Gasteiger partial charge in [0, 0.05) is 34.4 Å². The summed E-state index contributed by atoms with van der Waals surface area (Å²) in [5.74, 6) is 0.352. The average molecular weight is 493 g/mol. The van der Waals surface area contributed by atoms with Crippen molar-refractivity contribution in [2.24, 2.45) is 0 Å². The summed E-state index contributed by atoms with van der Waals surface area (Å²) in [6.07, 6.45) is 0.687. The van der Waals surface area contributed by atoms with Crippen molar-refractivity contribution in [3.05, 3.63) is 93.0 Å². The first-order valence-electron chi connectivity index (χ1n) is 10.6. The summed E-state index contributed by atoms with van der Waals surface area (Å²) >= 11 is 3.44. The third kappa shape index (κ3) is 5.02. The van der Waals surface area contributed by atoms with Gasteiger partial charge in [0.25, 0.3) is 11.8 Å². The SMILES string of the molecule is Cc1ccc(C)c(NC(=O)COc2cccc3c2CCN(Cc2ccc(Br)cc2)C3=O)c1. The maximum Gasteiger partial charge on any atom is 0.262 e. The van der Waals surface area contributed by atoms with E-state index in [1.807, 2.05) is 73.3 Å². The predicted octanol–water partition coefficient (Wildman–Crippen LogP) is 5.28. The Bertz CT molecular complexity index is 1160. The molecule has 0 spiro atoms. The van der Waals surface area contributed by atoms with Crippen molar-refractivity contribution in [2.45, 2.75) is 26.8 Å². The fraction of sp³-hybridized carbons (Fsp3) is 0.231. The molecule has 0 radical (unpaired) electrons. The van der Waals surface area contributed by atoms with Gasteiger partial charge in [0.2, 0.25) is 0 Å². The highest BCUT2D eigenvalue weighted by Gasteiger charge is 2.27. The zero-order valence-electron chi connectivity index (χ0n) is 18.2. The fourth-order valence-corrected chi connectivity index (χ4v) is 4.10. The predicted molar refractivity (Wildman–Crippen MR) is 129 cm³/mol. The molecule has 1 N–H and O–H groups in total. The lowest BCUT2D eigenvalue weighted by Gasteiger charge is -2.29. The second-order valence-corrected chi connectivity index (χ2v) is 8.96. The van der Waals surface area contributed by atoms with Gasteiger partial charge in [-0.05, 0) is 67.3 Å². The van der Waals surface area contributed by atoms with E-state index >= 15 is 0 Å². The largest absolute Gasteiger partial charge is 0.483 e. The Morgan fingerprint density at radius 2 is 1.88 bits per heavy atom. The first-order valence-corrected chi connectivity index (χ1v) is 11.4. The maximum atomic E-state index is 13.1. The minimum Gasteiger partial charge on any atom is -0.483 e. The van der Waals surface area contributed by atoms with E-state index in [0.717, 1.165) is 32.4 Å². The number of nitrogens with one attached hydrogen (secondary N) is 1. The number of anilines is 1. The van der Waals surface area contributed by atoms with Gasteiger partial charge >= 0.3 is 0 Å². The zero-order chi connectivity index (χ0) is 22.7. The molecule has 5 nitrogen and oxygen atoms in total. The van der Waals surface area contributed by atoms with Crippen molar-refractivity contribution in [2.75, 3.05) is 18.5 Å². The first kappa shape index (κ1) is 22.1. The molecule has 0 aromatic heterocycles. The van der Waals surface area contributed by atoms with Gasteiger partial charge in [0.15, 0.2) is 6.61 Å². The molecule has 164 valence electrons. The molecule has 32 heavy (non-hydrogen) atoms. The van der Waals surface area contributed by atoms with Crippen LogP contribution in [0.4, 0.5) is 5.69 Å². The molecule has 1 aliphatic heterocycles.